The van der Waals surface area contributed by atoms with E-state index in [0.29, 0.717) is 17.8 Å². The number of hydrogen-bond acceptors (Lipinski definition) is 8. The summed E-state index contributed by atoms with van der Waals surface area (Å²) in [5.74, 6) is -4.37. The number of nitrogens with two attached hydrogens (primary N) is 1. The van der Waals surface area contributed by atoms with Crippen molar-refractivity contribution in [1.29, 1.82) is 5.26 Å². The highest BCUT2D eigenvalue weighted by atomic mass is 19.4. The Bertz CT molecular complexity index is 1870. The molecule has 2 heterocycles. The van der Waals surface area contributed by atoms with Crippen molar-refractivity contribution in [2.75, 3.05) is 46.9 Å². The zero-order valence-electron chi connectivity index (χ0n) is 29.7. The number of rotatable bonds is 9. The number of carbonyl (C=O) groups excluding carboxylic acids is 3. The van der Waals surface area contributed by atoms with Gasteiger partial charge in [0.2, 0.25) is 0 Å². The highest BCUT2D eigenvalue weighted by Gasteiger charge is 2.47. The fraction of sp³-hybridized carbons (Fsp3) is 0.342. The van der Waals surface area contributed by atoms with Crippen molar-refractivity contribution in [3.05, 3.63) is 113 Å². The third-order valence-corrected chi connectivity index (χ3v) is 8.87. The number of ether oxygens (including phenoxy) is 1. The first-order chi connectivity index (χ1) is 25.2. The van der Waals surface area contributed by atoms with Crippen LogP contribution < -0.4 is 11.1 Å². The fourth-order valence-corrected chi connectivity index (χ4v) is 5.68. The van der Waals surface area contributed by atoms with E-state index in [4.69, 9.17) is 10.5 Å². The molecule has 0 bridgehead atoms. The average molecular weight is 736 g/mol. The number of alkyl halides is 3. The second kappa shape index (κ2) is 17.8. The quantitative estimate of drug-likeness (QED) is 0.182. The molecule has 2 atom stereocenters. The van der Waals surface area contributed by atoms with Gasteiger partial charge >= 0.3 is 6.18 Å². The number of likely N-dealkylation sites (tertiary alicyclic amines) is 1. The maximum atomic E-state index is 14.1. The lowest BCUT2D eigenvalue weighted by Gasteiger charge is -2.41. The zero-order chi connectivity index (χ0) is 38.9. The van der Waals surface area contributed by atoms with E-state index in [2.05, 4.69) is 29.2 Å². The van der Waals surface area contributed by atoms with E-state index in [9.17, 15) is 37.2 Å². The number of amides is 3. The molecular formula is C38H41F4N7O4. The van der Waals surface area contributed by atoms with Crippen LogP contribution in [0.15, 0.2) is 95.1 Å². The Labute approximate surface area is 305 Å². The van der Waals surface area contributed by atoms with Crippen molar-refractivity contribution in [3.63, 3.8) is 0 Å². The van der Waals surface area contributed by atoms with E-state index >= 15 is 0 Å². The van der Waals surface area contributed by atoms with Crippen LogP contribution in [0.1, 0.15) is 41.3 Å². The monoisotopic (exact) mass is 735 g/mol. The summed E-state index contributed by atoms with van der Waals surface area (Å²) in [7, 11) is 3.48. The standard InChI is InChI=1S/C32H28F4N6O3.C6H13NO/c1-3-42-28(39-23-10-5-4-6-11-23)25(26(38)30(44)41(2)17-16-37)24(19-12-14-22(33)15-13-19)27(31(42)45)40-29(43)20-8-7-9-21(18-20)32(34,35)36;1-3-7(2)6-4-8-5-6/h4-15,18,24,27H,3,17,38H2,1-2H3,(H,40,43);6H,3-5H2,1-2H3/b26-25-,39-28?;. The smallest absolute Gasteiger partial charge is 0.394 e. The second-order valence-corrected chi connectivity index (χ2v) is 12.3. The molecule has 2 aliphatic rings. The Morgan fingerprint density at radius 3 is 2.23 bits per heavy atom. The van der Waals surface area contributed by atoms with Crippen molar-refractivity contribution < 1.29 is 36.7 Å². The summed E-state index contributed by atoms with van der Waals surface area (Å²) in [6.07, 6.45) is -4.73. The normalized spacial score (nSPS) is 19.1. The number of hydrogen-bond donors (Lipinski definition) is 2. The minimum atomic E-state index is -4.73. The molecule has 53 heavy (non-hydrogen) atoms. The number of para-hydroxylation sites is 1. The van der Waals surface area contributed by atoms with Gasteiger partial charge in [-0.25, -0.2) is 9.38 Å². The van der Waals surface area contributed by atoms with Crippen LogP contribution >= 0.6 is 0 Å². The van der Waals surface area contributed by atoms with E-state index < -0.39 is 52.9 Å². The third-order valence-electron chi connectivity index (χ3n) is 8.87. The Hall–Kier alpha value is -5.59. The lowest BCUT2D eigenvalue weighted by molar-refractivity contribution is -0.137. The maximum absolute atomic E-state index is 14.1. The van der Waals surface area contributed by atoms with Crippen LogP contribution in [0, 0.1) is 17.1 Å². The number of carbonyl (C=O) groups is 3. The average Bonchev–Trinajstić information content (AvgIpc) is 3.12. The van der Waals surface area contributed by atoms with E-state index in [0.717, 1.165) is 55.0 Å². The number of piperidine rings is 1. The van der Waals surface area contributed by atoms with E-state index in [1.165, 1.54) is 24.1 Å². The van der Waals surface area contributed by atoms with E-state index in [-0.39, 0.29) is 35.6 Å². The molecule has 0 radical (unpaired) electrons. The minimum absolute atomic E-state index is 0.00366. The summed E-state index contributed by atoms with van der Waals surface area (Å²) >= 11 is 0. The van der Waals surface area contributed by atoms with Gasteiger partial charge in [-0.2, -0.15) is 18.4 Å². The number of likely N-dealkylation sites (N-methyl/N-ethyl adjacent to an activating group) is 3. The molecular weight excluding hydrogens is 694 g/mol. The highest BCUT2D eigenvalue weighted by Crippen LogP contribution is 2.38. The first-order valence-electron chi connectivity index (χ1n) is 16.8. The van der Waals surface area contributed by atoms with Crippen molar-refractivity contribution >= 4 is 29.2 Å². The molecule has 3 amide bonds. The Morgan fingerprint density at radius 2 is 1.70 bits per heavy atom. The molecule has 3 aromatic carbocycles. The van der Waals surface area contributed by atoms with Gasteiger partial charge in [-0.15, -0.1) is 0 Å². The van der Waals surface area contributed by atoms with E-state index in [1.807, 2.05) is 6.07 Å². The Kier molecular flexibility index (Phi) is 13.5. The second-order valence-electron chi connectivity index (χ2n) is 12.3. The summed E-state index contributed by atoms with van der Waals surface area (Å²) < 4.78 is 59.3. The van der Waals surface area contributed by atoms with Crippen LogP contribution in [0.25, 0.3) is 0 Å². The van der Waals surface area contributed by atoms with Crippen molar-refractivity contribution in [2.45, 2.75) is 38.0 Å². The molecule has 0 aliphatic carbocycles. The van der Waals surface area contributed by atoms with Gasteiger partial charge in [-0.05, 0) is 68.5 Å². The topological polar surface area (TPSA) is 144 Å². The predicted molar refractivity (Wildman–Crippen MR) is 190 cm³/mol. The summed E-state index contributed by atoms with van der Waals surface area (Å²) in [6.45, 7) is 6.46. The zero-order valence-corrected chi connectivity index (χ0v) is 29.7. The van der Waals surface area contributed by atoms with Crippen molar-refractivity contribution in [3.8, 4) is 6.07 Å². The molecule has 3 N–H and O–H groups in total. The van der Waals surface area contributed by atoms with Gasteiger partial charge in [0.05, 0.1) is 36.6 Å². The summed E-state index contributed by atoms with van der Waals surface area (Å²) in [5.41, 5.74) is 5.31. The number of nitrogens with one attached hydrogen (secondary N) is 1. The number of nitrogens with zero attached hydrogens (tertiary/aromatic N) is 5. The Morgan fingerprint density at radius 1 is 1.04 bits per heavy atom. The van der Waals surface area contributed by atoms with Crippen LogP contribution in [0.5, 0.6) is 0 Å². The molecule has 15 heteroatoms. The lowest BCUT2D eigenvalue weighted by atomic mass is 9.78. The molecule has 3 aromatic rings. The minimum Gasteiger partial charge on any atom is -0.394 e. The summed E-state index contributed by atoms with van der Waals surface area (Å²) in [4.78, 5) is 50.3. The van der Waals surface area contributed by atoms with Gasteiger partial charge in [-0.1, -0.05) is 43.3 Å². The van der Waals surface area contributed by atoms with E-state index in [1.54, 1.807) is 37.3 Å². The molecule has 2 saturated heterocycles. The maximum Gasteiger partial charge on any atom is 0.416 e. The lowest BCUT2D eigenvalue weighted by Crippen LogP contribution is -2.59. The van der Waals surface area contributed by atoms with Gasteiger partial charge < -0.3 is 20.7 Å². The van der Waals surface area contributed by atoms with Crippen molar-refractivity contribution in [1.82, 2.24) is 20.0 Å². The van der Waals surface area contributed by atoms with Gasteiger partial charge in [0.25, 0.3) is 17.7 Å². The molecule has 2 fully saturated rings. The molecule has 5 rings (SSSR count). The van der Waals surface area contributed by atoms with Crippen LogP contribution in [0.2, 0.25) is 0 Å². The summed E-state index contributed by atoms with van der Waals surface area (Å²) in [6, 6.07) is 18.1. The number of amidine groups is 1. The Balaban J connectivity index is 0.000000692. The molecule has 0 spiro atoms. The fourth-order valence-electron chi connectivity index (χ4n) is 5.68. The van der Waals surface area contributed by atoms with Crippen LogP contribution in [0.4, 0.5) is 23.2 Å². The SMILES string of the molecule is CCN(C)C1COC1.CCN1C(=O)C(NC(=O)c2cccc(C(F)(F)F)c2)C(c2ccc(F)cc2)/C(=C(/N)C(=O)N(C)CC#N)C1=Nc1ccccc1. The molecule has 11 nitrogen and oxygen atoms in total. The van der Waals surface area contributed by atoms with Gasteiger partial charge in [0, 0.05) is 30.6 Å². The van der Waals surface area contributed by atoms with Gasteiger partial charge in [0.15, 0.2) is 0 Å². The predicted octanol–water partition coefficient (Wildman–Crippen LogP) is 4.85. The van der Waals surface area contributed by atoms with Crippen LogP contribution in [-0.2, 0) is 20.5 Å². The third kappa shape index (κ3) is 9.65. The largest absolute Gasteiger partial charge is 0.416 e. The summed E-state index contributed by atoms with van der Waals surface area (Å²) in [5, 5.41) is 11.7. The first-order valence-corrected chi connectivity index (χ1v) is 16.8. The van der Waals surface area contributed by atoms with Gasteiger partial charge in [0.1, 0.15) is 29.9 Å². The van der Waals surface area contributed by atoms with Crippen molar-refractivity contribution in [2.24, 2.45) is 10.7 Å². The first kappa shape index (κ1) is 40.2. The number of nitriles is 1. The van der Waals surface area contributed by atoms with Crippen LogP contribution in [0.3, 0.4) is 0 Å². The van der Waals surface area contributed by atoms with Gasteiger partial charge in [-0.3, -0.25) is 24.2 Å². The number of benzene rings is 3. The molecule has 2 unspecified atom stereocenters. The van der Waals surface area contributed by atoms with Crippen LogP contribution in [-0.4, -0.2) is 97.3 Å². The molecule has 2 aliphatic heterocycles. The molecule has 280 valence electrons. The number of aliphatic imine (C=N–C) groups is 1. The number of halogens is 4. The highest BCUT2D eigenvalue weighted by molar-refractivity contribution is 6.18. The molecule has 0 saturated carbocycles. The molecule has 0 aromatic heterocycles.